The SMILES string of the molecule is O=C(CCCN1C(=O)C(=Cc2ccccc2Cl)SC1=S)N1CCC(Cc2ccccc2)CC1. The lowest BCUT2D eigenvalue weighted by Gasteiger charge is -2.32. The van der Waals surface area contributed by atoms with Crippen LogP contribution in [0.15, 0.2) is 59.5 Å². The molecule has 2 aromatic rings. The van der Waals surface area contributed by atoms with Gasteiger partial charge in [0.15, 0.2) is 0 Å². The van der Waals surface area contributed by atoms with Crippen molar-refractivity contribution in [3.05, 3.63) is 75.7 Å². The van der Waals surface area contributed by atoms with Gasteiger partial charge in [-0.2, -0.15) is 0 Å². The average Bonchev–Trinajstić information content (AvgIpc) is 3.09. The summed E-state index contributed by atoms with van der Waals surface area (Å²) in [6, 6.07) is 18.0. The van der Waals surface area contributed by atoms with Gasteiger partial charge >= 0.3 is 0 Å². The normalized spacial score (nSPS) is 18.4. The molecule has 0 N–H and O–H groups in total. The minimum absolute atomic E-state index is 0.112. The van der Waals surface area contributed by atoms with Gasteiger partial charge in [-0.25, -0.2) is 0 Å². The first-order chi connectivity index (χ1) is 16.0. The van der Waals surface area contributed by atoms with Gasteiger partial charge in [-0.15, -0.1) is 0 Å². The van der Waals surface area contributed by atoms with E-state index in [1.807, 2.05) is 29.2 Å². The summed E-state index contributed by atoms with van der Waals surface area (Å²) in [5, 5.41) is 0.598. The maximum atomic E-state index is 12.8. The molecule has 4 rings (SSSR count). The number of thiocarbonyl (C=S) groups is 1. The van der Waals surface area contributed by atoms with Gasteiger partial charge in [0.2, 0.25) is 5.91 Å². The Morgan fingerprint density at radius 1 is 1.09 bits per heavy atom. The molecular formula is C26H27ClN2O2S2. The summed E-state index contributed by atoms with van der Waals surface area (Å²) in [7, 11) is 0. The molecule has 7 heteroatoms. The maximum Gasteiger partial charge on any atom is 0.266 e. The van der Waals surface area contributed by atoms with Crippen molar-refractivity contribution >= 4 is 57.8 Å². The molecule has 2 aliphatic heterocycles. The van der Waals surface area contributed by atoms with E-state index in [2.05, 4.69) is 24.3 Å². The highest BCUT2D eigenvalue weighted by Gasteiger charge is 2.32. The van der Waals surface area contributed by atoms with Crippen LogP contribution >= 0.6 is 35.6 Å². The van der Waals surface area contributed by atoms with Crippen LogP contribution in [0.2, 0.25) is 5.02 Å². The molecule has 0 spiro atoms. The van der Waals surface area contributed by atoms with Gasteiger partial charge in [0.25, 0.3) is 5.91 Å². The summed E-state index contributed by atoms with van der Waals surface area (Å²) in [6.07, 6.45) is 5.99. The fourth-order valence-corrected chi connectivity index (χ4v) is 5.80. The molecule has 2 amide bonds. The third-order valence-electron chi connectivity index (χ3n) is 6.17. The quantitative estimate of drug-likeness (QED) is 0.357. The van der Waals surface area contributed by atoms with E-state index in [9.17, 15) is 9.59 Å². The lowest BCUT2D eigenvalue weighted by Crippen LogP contribution is -2.39. The van der Waals surface area contributed by atoms with Crippen LogP contribution < -0.4 is 0 Å². The Morgan fingerprint density at radius 2 is 1.79 bits per heavy atom. The fraction of sp³-hybridized carbons (Fsp3) is 0.346. The van der Waals surface area contributed by atoms with E-state index in [-0.39, 0.29) is 11.8 Å². The van der Waals surface area contributed by atoms with E-state index >= 15 is 0 Å². The van der Waals surface area contributed by atoms with Crippen LogP contribution in [0.5, 0.6) is 0 Å². The number of likely N-dealkylation sites (tertiary alicyclic amines) is 1. The summed E-state index contributed by atoms with van der Waals surface area (Å²) in [5.41, 5.74) is 2.17. The highest BCUT2D eigenvalue weighted by Crippen LogP contribution is 2.34. The van der Waals surface area contributed by atoms with Crippen LogP contribution in [0.3, 0.4) is 0 Å². The number of hydrogen-bond donors (Lipinski definition) is 0. The molecule has 0 radical (unpaired) electrons. The zero-order valence-electron chi connectivity index (χ0n) is 18.4. The number of piperidine rings is 1. The second-order valence-electron chi connectivity index (χ2n) is 8.47. The van der Waals surface area contributed by atoms with E-state index < -0.39 is 0 Å². The minimum Gasteiger partial charge on any atom is -0.343 e. The predicted octanol–water partition coefficient (Wildman–Crippen LogP) is 5.80. The Balaban J connectivity index is 1.22. The van der Waals surface area contributed by atoms with E-state index in [0.717, 1.165) is 37.9 Å². The largest absolute Gasteiger partial charge is 0.343 e. The van der Waals surface area contributed by atoms with Crippen LogP contribution in [-0.4, -0.2) is 45.6 Å². The molecule has 2 fully saturated rings. The van der Waals surface area contributed by atoms with Crippen molar-refractivity contribution in [2.45, 2.75) is 32.1 Å². The number of halogens is 1. The Bertz CT molecular complexity index is 1050. The minimum atomic E-state index is -0.112. The van der Waals surface area contributed by atoms with Crippen molar-refractivity contribution < 1.29 is 9.59 Å². The van der Waals surface area contributed by atoms with Crippen molar-refractivity contribution in [1.29, 1.82) is 0 Å². The second-order valence-corrected chi connectivity index (χ2v) is 10.6. The molecule has 4 nitrogen and oxygen atoms in total. The monoisotopic (exact) mass is 498 g/mol. The van der Waals surface area contributed by atoms with Crippen molar-refractivity contribution in [1.82, 2.24) is 9.80 Å². The number of carbonyl (C=O) groups excluding carboxylic acids is 2. The molecule has 2 saturated heterocycles. The van der Waals surface area contributed by atoms with Gasteiger partial charge < -0.3 is 4.90 Å². The molecule has 2 aromatic carbocycles. The van der Waals surface area contributed by atoms with Crippen molar-refractivity contribution in [3.8, 4) is 0 Å². The van der Waals surface area contributed by atoms with Crippen LogP contribution in [0, 0.1) is 5.92 Å². The third kappa shape index (κ3) is 6.25. The van der Waals surface area contributed by atoms with E-state index in [1.54, 1.807) is 17.0 Å². The molecule has 172 valence electrons. The summed E-state index contributed by atoms with van der Waals surface area (Å²) in [4.78, 5) is 29.7. The van der Waals surface area contributed by atoms with Crippen LogP contribution in [-0.2, 0) is 16.0 Å². The Morgan fingerprint density at radius 3 is 2.52 bits per heavy atom. The predicted molar refractivity (Wildman–Crippen MR) is 140 cm³/mol. The van der Waals surface area contributed by atoms with Crippen molar-refractivity contribution in [2.24, 2.45) is 5.92 Å². The van der Waals surface area contributed by atoms with Gasteiger partial charge in [0, 0.05) is 31.1 Å². The Kier molecular flexibility index (Phi) is 8.23. The Labute approximate surface area is 210 Å². The average molecular weight is 499 g/mol. The van der Waals surface area contributed by atoms with Crippen LogP contribution in [0.25, 0.3) is 6.08 Å². The number of benzene rings is 2. The number of carbonyl (C=O) groups is 2. The van der Waals surface area contributed by atoms with Gasteiger partial charge in [-0.05, 0) is 54.9 Å². The fourth-order valence-electron chi connectivity index (χ4n) is 4.31. The summed E-state index contributed by atoms with van der Waals surface area (Å²) in [5.74, 6) is 0.695. The topological polar surface area (TPSA) is 40.6 Å². The highest BCUT2D eigenvalue weighted by molar-refractivity contribution is 8.26. The lowest BCUT2D eigenvalue weighted by molar-refractivity contribution is -0.133. The van der Waals surface area contributed by atoms with Crippen molar-refractivity contribution in [2.75, 3.05) is 19.6 Å². The first-order valence-electron chi connectivity index (χ1n) is 11.3. The van der Waals surface area contributed by atoms with Gasteiger partial charge in [-0.1, -0.05) is 84.1 Å². The molecule has 2 aliphatic rings. The molecule has 0 aliphatic carbocycles. The summed E-state index contributed by atoms with van der Waals surface area (Å²) in [6.45, 7) is 2.09. The molecule has 2 heterocycles. The number of amides is 2. The molecule has 0 saturated carbocycles. The zero-order chi connectivity index (χ0) is 23.2. The van der Waals surface area contributed by atoms with E-state index in [0.29, 0.717) is 39.6 Å². The molecule has 0 bridgehead atoms. The maximum absolute atomic E-state index is 12.8. The van der Waals surface area contributed by atoms with Gasteiger partial charge in [-0.3, -0.25) is 14.5 Å². The summed E-state index contributed by atoms with van der Waals surface area (Å²) >= 11 is 12.9. The van der Waals surface area contributed by atoms with Crippen LogP contribution in [0.4, 0.5) is 0 Å². The zero-order valence-corrected chi connectivity index (χ0v) is 20.8. The van der Waals surface area contributed by atoms with E-state index in [4.69, 9.17) is 23.8 Å². The first kappa shape index (κ1) is 24.0. The number of hydrogen-bond acceptors (Lipinski definition) is 4. The van der Waals surface area contributed by atoms with Crippen molar-refractivity contribution in [3.63, 3.8) is 0 Å². The number of thioether (sulfide) groups is 1. The molecule has 33 heavy (non-hydrogen) atoms. The van der Waals surface area contributed by atoms with Gasteiger partial charge in [0.1, 0.15) is 4.32 Å². The summed E-state index contributed by atoms with van der Waals surface area (Å²) < 4.78 is 0.535. The van der Waals surface area contributed by atoms with Crippen LogP contribution in [0.1, 0.15) is 36.8 Å². The van der Waals surface area contributed by atoms with Gasteiger partial charge in [0.05, 0.1) is 4.91 Å². The van der Waals surface area contributed by atoms with E-state index in [1.165, 1.54) is 17.3 Å². The standard InChI is InChI=1S/C26H27ClN2O2S2/c27-22-10-5-4-9-21(22)18-23-25(31)29(26(32)33-23)14-6-11-24(30)28-15-12-20(13-16-28)17-19-7-2-1-3-8-19/h1-5,7-10,18,20H,6,11-17H2. The highest BCUT2D eigenvalue weighted by atomic mass is 35.5. The Hall–Kier alpha value is -2.15. The second kappa shape index (κ2) is 11.3. The lowest BCUT2D eigenvalue weighted by atomic mass is 9.90. The molecule has 0 unspecified atom stereocenters. The molecular weight excluding hydrogens is 472 g/mol. The molecule has 0 atom stereocenters. The molecule has 0 aromatic heterocycles. The number of rotatable bonds is 7. The third-order valence-corrected chi connectivity index (χ3v) is 7.89. The smallest absolute Gasteiger partial charge is 0.266 e. The first-order valence-corrected chi connectivity index (χ1v) is 12.9. The number of nitrogens with zero attached hydrogens (tertiary/aromatic N) is 2.